The van der Waals surface area contributed by atoms with Gasteiger partial charge in [-0.2, -0.15) is 0 Å². The minimum absolute atomic E-state index is 0.193. The van der Waals surface area contributed by atoms with E-state index in [1.54, 1.807) is 30.3 Å². The fraction of sp³-hybridized carbons (Fsp3) is 0.188. The number of hydrogen-bond acceptors (Lipinski definition) is 4. The maximum absolute atomic E-state index is 12.2. The Hall–Kier alpha value is -2.49. The van der Waals surface area contributed by atoms with Crippen molar-refractivity contribution in [1.82, 2.24) is 0 Å². The normalized spacial score (nSPS) is 17.2. The van der Waals surface area contributed by atoms with Crippen LogP contribution in [0.1, 0.15) is 27.6 Å². The summed E-state index contributed by atoms with van der Waals surface area (Å²) in [6.45, 7) is 0. The average molecular weight is 270 g/mol. The molecule has 2 aromatic rings. The van der Waals surface area contributed by atoms with Gasteiger partial charge < -0.3 is 14.6 Å². The summed E-state index contributed by atoms with van der Waals surface area (Å²) in [5.74, 6) is 0.358. The van der Waals surface area contributed by atoms with E-state index in [4.69, 9.17) is 9.47 Å². The first-order valence-corrected chi connectivity index (χ1v) is 6.35. The number of hydrogen-bond donors (Lipinski definition) is 1. The Balaban J connectivity index is 1.97. The molecule has 0 aromatic heterocycles. The lowest BCUT2D eigenvalue weighted by atomic mass is 9.94. The van der Waals surface area contributed by atoms with Crippen molar-refractivity contribution in [3.05, 3.63) is 59.2 Å². The van der Waals surface area contributed by atoms with Gasteiger partial charge in [0.15, 0.2) is 0 Å². The quantitative estimate of drug-likeness (QED) is 0.852. The number of esters is 1. The molecule has 0 saturated carbocycles. The third-order valence-electron chi connectivity index (χ3n) is 3.46. The standard InChI is InChI=1S/C16H14O4/c1-19-13-4-2-3-11-9-14(20-16(18)15(11)13)10-5-7-12(17)8-6-10/h2-8,14,17H,9H2,1H3/t14-/m0/s1. The summed E-state index contributed by atoms with van der Waals surface area (Å²) in [5.41, 5.74) is 2.29. The average Bonchev–Trinajstić information content (AvgIpc) is 2.47. The number of carbonyl (C=O) groups is 1. The van der Waals surface area contributed by atoms with Gasteiger partial charge in [-0.05, 0) is 29.3 Å². The molecule has 0 aliphatic carbocycles. The van der Waals surface area contributed by atoms with Crippen LogP contribution in [0.25, 0.3) is 0 Å². The van der Waals surface area contributed by atoms with Crippen molar-refractivity contribution in [2.45, 2.75) is 12.5 Å². The first-order chi connectivity index (χ1) is 9.69. The van der Waals surface area contributed by atoms with E-state index in [0.29, 0.717) is 17.7 Å². The fourth-order valence-electron chi connectivity index (χ4n) is 2.45. The minimum Gasteiger partial charge on any atom is -0.508 e. The minimum atomic E-state index is -0.373. The largest absolute Gasteiger partial charge is 0.508 e. The van der Waals surface area contributed by atoms with Crippen molar-refractivity contribution in [1.29, 1.82) is 0 Å². The van der Waals surface area contributed by atoms with Crippen LogP contribution in [0, 0.1) is 0 Å². The van der Waals surface area contributed by atoms with Crippen LogP contribution in [0.3, 0.4) is 0 Å². The van der Waals surface area contributed by atoms with Gasteiger partial charge in [0.1, 0.15) is 23.2 Å². The lowest BCUT2D eigenvalue weighted by molar-refractivity contribution is 0.0248. The summed E-state index contributed by atoms with van der Waals surface area (Å²) in [7, 11) is 1.54. The predicted octanol–water partition coefficient (Wildman–Crippen LogP) is 2.86. The zero-order valence-electron chi connectivity index (χ0n) is 11.0. The van der Waals surface area contributed by atoms with E-state index in [1.165, 1.54) is 7.11 Å². The smallest absolute Gasteiger partial charge is 0.342 e. The second kappa shape index (κ2) is 4.89. The Morgan fingerprint density at radius 2 is 1.95 bits per heavy atom. The highest BCUT2D eigenvalue weighted by Gasteiger charge is 2.30. The molecule has 2 aromatic carbocycles. The number of methoxy groups -OCH3 is 1. The second-order valence-electron chi connectivity index (χ2n) is 4.68. The summed E-state index contributed by atoms with van der Waals surface area (Å²) >= 11 is 0. The Bertz CT molecular complexity index is 646. The number of carbonyl (C=O) groups excluding carboxylic acids is 1. The molecular weight excluding hydrogens is 256 g/mol. The van der Waals surface area contributed by atoms with Crippen LogP contribution in [0.5, 0.6) is 11.5 Å². The fourth-order valence-corrected chi connectivity index (χ4v) is 2.45. The van der Waals surface area contributed by atoms with Crippen LogP contribution in [-0.4, -0.2) is 18.2 Å². The predicted molar refractivity (Wildman–Crippen MR) is 73.0 cm³/mol. The molecule has 4 heteroatoms. The van der Waals surface area contributed by atoms with Crippen molar-refractivity contribution >= 4 is 5.97 Å². The van der Waals surface area contributed by atoms with Gasteiger partial charge in [0.25, 0.3) is 0 Å². The van der Waals surface area contributed by atoms with E-state index in [-0.39, 0.29) is 17.8 Å². The number of benzene rings is 2. The van der Waals surface area contributed by atoms with E-state index >= 15 is 0 Å². The number of cyclic esters (lactones) is 1. The molecule has 3 rings (SSSR count). The molecule has 0 spiro atoms. The Morgan fingerprint density at radius 3 is 2.65 bits per heavy atom. The lowest BCUT2D eigenvalue weighted by Crippen LogP contribution is -2.22. The molecule has 0 unspecified atom stereocenters. The number of ether oxygens (including phenoxy) is 2. The summed E-state index contributed by atoms with van der Waals surface area (Å²) in [6, 6.07) is 12.2. The molecule has 1 aliphatic heterocycles. The van der Waals surface area contributed by atoms with Gasteiger partial charge in [-0.15, -0.1) is 0 Å². The highest BCUT2D eigenvalue weighted by molar-refractivity contribution is 5.95. The van der Waals surface area contributed by atoms with E-state index in [2.05, 4.69) is 0 Å². The van der Waals surface area contributed by atoms with Gasteiger partial charge in [0.2, 0.25) is 0 Å². The summed E-state index contributed by atoms with van der Waals surface area (Å²) in [6.07, 6.45) is 0.269. The van der Waals surface area contributed by atoms with Crippen molar-refractivity contribution in [3.8, 4) is 11.5 Å². The molecule has 1 atom stereocenters. The van der Waals surface area contributed by atoms with Crippen LogP contribution >= 0.6 is 0 Å². The molecule has 0 fully saturated rings. The molecule has 0 bridgehead atoms. The van der Waals surface area contributed by atoms with Crippen molar-refractivity contribution in [2.24, 2.45) is 0 Å². The Morgan fingerprint density at radius 1 is 1.20 bits per heavy atom. The SMILES string of the molecule is COc1cccc2c1C(=O)O[C@H](c1ccc(O)cc1)C2. The molecule has 0 saturated heterocycles. The summed E-state index contributed by atoms with van der Waals surface area (Å²) in [4.78, 5) is 12.2. The molecular formula is C16H14O4. The van der Waals surface area contributed by atoms with Crippen LogP contribution < -0.4 is 4.74 Å². The topological polar surface area (TPSA) is 55.8 Å². The second-order valence-corrected chi connectivity index (χ2v) is 4.68. The van der Waals surface area contributed by atoms with Crippen LogP contribution in [-0.2, 0) is 11.2 Å². The van der Waals surface area contributed by atoms with Gasteiger partial charge in [-0.3, -0.25) is 0 Å². The maximum atomic E-state index is 12.2. The summed E-state index contributed by atoms with van der Waals surface area (Å²) in [5, 5.41) is 9.31. The monoisotopic (exact) mass is 270 g/mol. The van der Waals surface area contributed by atoms with Crippen molar-refractivity contribution in [2.75, 3.05) is 7.11 Å². The van der Waals surface area contributed by atoms with Gasteiger partial charge in [-0.1, -0.05) is 24.3 Å². The first-order valence-electron chi connectivity index (χ1n) is 6.35. The molecule has 1 heterocycles. The molecule has 102 valence electrons. The number of rotatable bonds is 2. The molecule has 4 nitrogen and oxygen atoms in total. The highest BCUT2D eigenvalue weighted by Crippen LogP contribution is 2.35. The Kier molecular flexibility index (Phi) is 3.06. The third kappa shape index (κ3) is 2.09. The zero-order chi connectivity index (χ0) is 14.1. The number of phenols is 1. The molecule has 1 N–H and O–H groups in total. The van der Waals surface area contributed by atoms with Crippen molar-refractivity contribution in [3.63, 3.8) is 0 Å². The van der Waals surface area contributed by atoms with E-state index in [9.17, 15) is 9.90 Å². The van der Waals surface area contributed by atoms with Crippen LogP contribution in [0.15, 0.2) is 42.5 Å². The van der Waals surface area contributed by atoms with Crippen LogP contribution in [0.4, 0.5) is 0 Å². The van der Waals surface area contributed by atoms with Crippen LogP contribution in [0.2, 0.25) is 0 Å². The Labute approximate surface area is 116 Å². The molecule has 0 radical (unpaired) electrons. The van der Waals surface area contributed by atoms with Gasteiger partial charge in [0.05, 0.1) is 7.11 Å². The number of aromatic hydroxyl groups is 1. The maximum Gasteiger partial charge on any atom is 0.342 e. The van der Waals surface area contributed by atoms with Crippen molar-refractivity contribution < 1.29 is 19.4 Å². The van der Waals surface area contributed by atoms with E-state index < -0.39 is 0 Å². The lowest BCUT2D eigenvalue weighted by Gasteiger charge is -2.26. The third-order valence-corrected chi connectivity index (χ3v) is 3.46. The zero-order valence-corrected chi connectivity index (χ0v) is 11.0. The molecule has 1 aliphatic rings. The van der Waals surface area contributed by atoms with Gasteiger partial charge in [0, 0.05) is 6.42 Å². The van der Waals surface area contributed by atoms with E-state index in [0.717, 1.165) is 11.1 Å². The van der Waals surface area contributed by atoms with Gasteiger partial charge in [-0.25, -0.2) is 4.79 Å². The first kappa shape index (κ1) is 12.5. The van der Waals surface area contributed by atoms with E-state index in [1.807, 2.05) is 12.1 Å². The number of phenolic OH excluding ortho intramolecular Hbond substituents is 1. The summed E-state index contributed by atoms with van der Waals surface area (Å²) < 4.78 is 10.7. The molecule has 0 amide bonds. The number of fused-ring (bicyclic) bond motifs is 1. The van der Waals surface area contributed by atoms with Gasteiger partial charge >= 0.3 is 5.97 Å². The molecule has 20 heavy (non-hydrogen) atoms. The highest BCUT2D eigenvalue weighted by atomic mass is 16.5.